The number of hydrogen-bond donors (Lipinski definition) is 3. The van der Waals surface area contributed by atoms with E-state index in [1.54, 1.807) is 7.05 Å². The van der Waals surface area contributed by atoms with Gasteiger partial charge < -0.3 is 20.6 Å². The molecule has 0 aliphatic heterocycles. The van der Waals surface area contributed by atoms with Gasteiger partial charge in [-0.05, 0) is 25.1 Å². The first kappa shape index (κ1) is 16.8. The van der Waals surface area contributed by atoms with E-state index in [-0.39, 0.29) is 23.0 Å². The molecular weight excluding hydrogens is 298 g/mol. The standard InChI is InChI=1S/C13H16ClN3O4/c1-3-17(2)11(18)7-15-13(21)16-8-4-5-9(12(19)20)10(14)6-8/h4-6H,3,7H2,1-2H3,(H,19,20)(H2,15,16,21). The van der Waals surface area contributed by atoms with Gasteiger partial charge in [-0.1, -0.05) is 11.6 Å². The Morgan fingerprint density at radius 1 is 1.33 bits per heavy atom. The Hall–Kier alpha value is -2.28. The molecule has 114 valence electrons. The zero-order chi connectivity index (χ0) is 16.0. The van der Waals surface area contributed by atoms with Crippen molar-refractivity contribution < 1.29 is 19.5 Å². The summed E-state index contributed by atoms with van der Waals surface area (Å²) in [7, 11) is 1.63. The summed E-state index contributed by atoms with van der Waals surface area (Å²) in [5.41, 5.74) is 0.279. The topological polar surface area (TPSA) is 98.7 Å². The summed E-state index contributed by atoms with van der Waals surface area (Å²) < 4.78 is 0. The van der Waals surface area contributed by atoms with E-state index in [9.17, 15) is 14.4 Å². The Labute approximate surface area is 126 Å². The number of carbonyl (C=O) groups excluding carboxylic acids is 2. The number of benzene rings is 1. The molecule has 0 heterocycles. The highest BCUT2D eigenvalue weighted by atomic mass is 35.5. The van der Waals surface area contributed by atoms with Crippen molar-refractivity contribution in [2.45, 2.75) is 6.92 Å². The molecule has 1 rings (SSSR count). The number of hydrogen-bond acceptors (Lipinski definition) is 3. The quantitative estimate of drug-likeness (QED) is 0.769. The normalized spacial score (nSPS) is 9.86. The highest BCUT2D eigenvalue weighted by molar-refractivity contribution is 6.33. The molecule has 7 nitrogen and oxygen atoms in total. The van der Waals surface area contributed by atoms with Crippen LogP contribution in [-0.2, 0) is 4.79 Å². The number of nitrogens with one attached hydrogen (secondary N) is 2. The van der Waals surface area contributed by atoms with E-state index in [4.69, 9.17) is 16.7 Å². The molecule has 8 heteroatoms. The summed E-state index contributed by atoms with van der Waals surface area (Å²) in [6.45, 7) is 2.25. The van der Waals surface area contributed by atoms with Gasteiger partial charge in [-0.3, -0.25) is 4.79 Å². The van der Waals surface area contributed by atoms with Crippen molar-refractivity contribution >= 4 is 35.2 Å². The number of anilines is 1. The fourth-order valence-electron chi connectivity index (χ4n) is 1.41. The first-order valence-corrected chi connectivity index (χ1v) is 6.54. The number of likely N-dealkylation sites (N-methyl/N-ethyl adjacent to an activating group) is 1. The Balaban J connectivity index is 2.58. The van der Waals surface area contributed by atoms with Crippen LogP contribution in [0, 0.1) is 0 Å². The fourth-order valence-corrected chi connectivity index (χ4v) is 1.67. The molecule has 0 saturated heterocycles. The van der Waals surface area contributed by atoms with E-state index in [0.717, 1.165) is 0 Å². The number of carboxylic acid groups (broad SMARTS) is 1. The van der Waals surface area contributed by atoms with Crippen molar-refractivity contribution in [1.82, 2.24) is 10.2 Å². The van der Waals surface area contributed by atoms with Crippen LogP contribution in [0.3, 0.4) is 0 Å². The van der Waals surface area contributed by atoms with Gasteiger partial charge in [-0.15, -0.1) is 0 Å². The van der Waals surface area contributed by atoms with Gasteiger partial charge in [0.15, 0.2) is 0 Å². The maximum atomic E-state index is 11.6. The van der Waals surface area contributed by atoms with E-state index < -0.39 is 12.0 Å². The predicted octanol–water partition coefficient (Wildman–Crippen LogP) is 1.64. The minimum Gasteiger partial charge on any atom is -0.478 e. The molecular formula is C13H16ClN3O4. The average Bonchev–Trinajstić information content (AvgIpc) is 2.43. The van der Waals surface area contributed by atoms with Gasteiger partial charge in [0.2, 0.25) is 5.91 Å². The summed E-state index contributed by atoms with van der Waals surface area (Å²) in [6.07, 6.45) is 0. The number of halogens is 1. The monoisotopic (exact) mass is 313 g/mol. The van der Waals surface area contributed by atoms with E-state index >= 15 is 0 Å². The van der Waals surface area contributed by atoms with E-state index in [1.165, 1.54) is 23.1 Å². The Kier molecular flexibility index (Phi) is 5.98. The van der Waals surface area contributed by atoms with Gasteiger partial charge >= 0.3 is 12.0 Å². The first-order valence-electron chi connectivity index (χ1n) is 6.16. The molecule has 0 bridgehead atoms. The number of aromatic carboxylic acids is 1. The molecule has 1 aromatic rings. The van der Waals surface area contributed by atoms with Crippen molar-refractivity contribution in [1.29, 1.82) is 0 Å². The molecule has 3 N–H and O–H groups in total. The van der Waals surface area contributed by atoms with Crippen LogP contribution in [0.15, 0.2) is 18.2 Å². The highest BCUT2D eigenvalue weighted by Crippen LogP contribution is 2.20. The van der Waals surface area contributed by atoms with Crippen LogP contribution in [0.2, 0.25) is 5.02 Å². The minimum atomic E-state index is -1.15. The smallest absolute Gasteiger partial charge is 0.337 e. The third-order valence-electron chi connectivity index (χ3n) is 2.76. The Bertz CT molecular complexity index is 562. The largest absolute Gasteiger partial charge is 0.478 e. The van der Waals surface area contributed by atoms with Crippen LogP contribution < -0.4 is 10.6 Å². The predicted molar refractivity (Wildman–Crippen MR) is 78.7 cm³/mol. The number of rotatable bonds is 5. The summed E-state index contributed by atoms with van der Waals surface area (Å²) in [6, 6.07) is 3.45. The van der Waals surface area contributed by atoms with Crippen molar-refractivity contribution in [2.75, 3.05) is 25.5 Å². The molecule has 0 aliphatic rings. The summed E-state index contributed by atoms with van der Waals surface area (Å²) in [5.74, 6) is -1.36. The highest BCUT2D eigenvalue weighted by Gasteiger charge is 2.11. The molecule has 3 amide bonds. The molecule has 0 fully saturated rings. The lowest BCUT2D eigenvalue weighted by atomic mass is 10.2. The van der Waals surface area contributed by atoms with Crippen molar-refractivity contribution in [3.8, 4) is 0 Å². The lowest BCUT2D eigenvalue weighted by molar-refractivity contribution is -0.128. The molecule has 0 radical (unpaired) electrons. The molecule has 0 aromatic heterocycles. The summed E-state index contributed by atoms with van der Waals surface area (Å²) >= 11 is 5.78. The second kappa shape index (κ2) is 7.49. The van der Waals surface area contributed by atoms with Gasteiger partial charge in [-0.2, -0.15) is 0 Å². The minimum absolute atomic E-state index is 0.0158. The van der Waals surface area contributed by atoms with Crippen LogP contribution in [0.25, 0.3) is 0 Å². The lowest BCUT2D eigenvalue weighted by Crippen LogP contribution is -2.39. The third kappa shape index (κ3) is 4.96. The molecule has 21 heavy (non-hydrogen) atoms. The van der Waals surface area contributed by atoms with Crippen LogP contribution in [0.5, 0.6) is 0 Å². The van der Waals surface area contributed by atoms with Gasteiger partial charge in [-0.25, -0.2) is 9.59 Å². The summed E-state index contributed by atoms with van der Waals surface area (Å²) in [5, 5.41) is 13.7. The Morgan fingerprint density at radius 2 is 2.00 bits per heavy atom. The van der Waals surface area contributed by atoms with E-state index in [0.29, 0.717) is 12.2 Å². The molecule has 0 aliphatic carbocycles. The van der Waals surface area contributed by atoms with Crippen LogP contribution in [0.4, 0.5) is 10.5 Å². The summed E-state index contributed by atoms with van der Waals surface area (Å²) in [4.78, 5) is 35.4. The van der Waals surface area contributed by atoms with Crippen molar-refractivity contribution in [3.63, 3.8) is 0 Å². The number of nitrogens with zero attached hydrogens (tertiary/aromatic N) is 1. The van der Waals surface area contributed by atoms with Gasteiger partial charge in [0.1, 0.15) is 0 Å². The molecule has 0 saturated carbocycles. The van der Waals surface area contributed by atoms with Crippen molar-refractivity contribution in [3.05, 3.63) is 28.8 Å². The molecule has 0 atom stereocenters. The van der Waals surface area contributed by atoms with E-state index in [1.807, 2.05) is 6.92 Å². The zero-order valence-electron chi connectivity index (χ0n) is 11.6. The fraction of sp³-hybridized carbons (Fsp3) is 0.308. The average molecular weight is 314 g/mol. The number of amides is 3. The Morgan fingerprint density at radius 3 is 2.52 bits per heavy atom. The maximum Gasteiger partial charge on any atom is 0.337 e. The third-order valence-corrected chi connectivity index (χ3v) is 3.07. The maximum absolute atomic E-state index is 11.6. The van der Waals surface area contributed by atoms with Crippen molar-refractivity contribution in [2.24, 2.45) is 0 Å². The second-order valence-corrected chi connectivity index (χ2v) is 4.62. The van der Waals surface area contributed by atoms with Crippen LogP contribution in [-0.4, -0.2) is 48.1 Å². The van der Waals surface area contributed by atoms with Crippen LogP contribution >= 0.6 is 11.6 Å². The van der Waals surface area contributed by atoms with Crippen LogP contribution in [0.1, 0.15) is 17.3 Å². The lowest BCUT2D eigenvalue weighted by Gasteiger charge is -2.15. The molecule has 0 spiro atoms. The van der Waals surface area contributed by atoms with Gasteiger partial charge in [0.05, 0.1) is 17.1 Å². The first-order chi connectivity index (χ1) is 9.85. The SMILES string of the molecule is CCN(C)C(=O)CNC(=O)Nc1ccc(C(=O)O)c(Cl)c1. The zero-order valence-corrected chi connectivity index (χ0v) is 12.4. The molecule has 0 unspecified atom stereocenters. The number of carboxylic acids is 1. The second-order valence-electron chi connectivity index (χ2n) is 4.22. The van der Waals surface area contributed by atoms with Gasteiger partial charge in [0.25, 0.3) is 0 Å². The van der Waals surface area contributed by atoms with E-state index in [2.05, 4.69) is 10.6 Å². The van der Waals surface area contributed by atoms with Gasteiger partial charge in [0, 0.05) is 19.3 Å². The molecule has 1 aromatic carbocycles. The number of carbonyl (C=O) groups is 3. The number of urea groups is 1.